The highest BCUT2D eigenvalue weighted by Crippen LogP contribution is 2.19. The Balaban J connectivity index is 3.26. The molecule has 0 aliphatic heterocycles. The van der Waals surface area contributed by atoms with Crippen LogP contribution in [0.25, 0.3) is 0 Å². The van der Waals surface area contributed by atoms with E-state index >= 15 is 0 Å². The average Bonchev–Trinajstić information content (AvgIpc) is 2.56. The summed E-state index contributed by atoms with van der Waals surface area (Å²) in [4.78, 5) is 26.4. The Morgan fingerprint density at radius 3 is 2.24 bits per heavy atom. The quantitative estimate of drug-likeness (QED) is 0.559. The Labute approximate surface area is 149 Å². The summed E-state index contributed by atoms with van der Waals surface area (Å²) < 4.78 is 15.7. The van der Waals surface area contributed by atoms with Gasteiger partial charge in [-0.2, -0.15) is 0 Å². The smallest absolute Gasteiger partial charge is 0.411 e. The van der Waals surface area contributed by atoms with Gasteiger partial charge in [0.05, 0.1) is 13.7 Å². The summed E-state index contributed by atoms with van der Waals surface area (Å²) in [5.74, 6) is -0.603. The van der Waals surface area contributed by atoms with Crippen molar-refractivity contribution in [3.8, 4) is 0 Å². The predicted octanol–water partition coefficient (Wildman–Crippen LogP) is 3.17. The molecule has 0 bridgehead atoms. The summed E-state index contributed by atoms with van der Waals surface area (Å²) in [6.07, 6.45) is 0.101. The van der Waals surface area contributed by atoms with E-state index in [1.165, 1.54) is 25.2 Å². The van der Waals surface area contributed by atoms with Crippen LogP contribution in [0.2, 0.25) is 0 Å². The van der Waals surface area contributed by atoms with Gasteiger partial charge in [-0.25, -0.2) is 9.59 Å². The second-order valence-electron chi connectivity index (χ2n) is 6.50. The monoisotopic (exact) mass is 349 g/mol. The van der Waals surface area contributed by atoms with Crippen LogP contribution in [-0.2, 0) is 25.5 Å². The molecule has 0 heterocycles. The lowest BCUT2D eigenvalue weighted by Crippen LogP contribution is -2.53. The Morgan fingerprint density at radius 1 is 1.20 bits per heavy atom. The molecule has 6 heteroatoms. The number of esters is 1. The van der Waals surface area contributed by atoms with Crippen molar-refractivity contribution in [3.63, 3.8) is 0 Å². The first-order valence-electron chi connectivity index (χ1n) is 8.00. The standard InChI is InChI=1S/C19H27NO5/c1-7-15(23-5)16(17(21)24-6)20(18(22)25-19(2,3)4)13-14-11-9-8-10-12-14/h7-12,15-16H,1,13H2,2-6H3/t15-,16+/m0/s1. The van der Waals surface area contributed by atoms with Crippen LogP contribution in [0.3, 0.4) is 0 Å². The molecule has 0 unspecified atom stereocenters. The van der Waals surface area contributed by atoms with Gasteiger partial charge in [0.15, 0.2) is 6.04 Å². The van der Waals surface area contributed by atoms with Gasteiger partial charge in [-0.05, 0) is 26.3 Å². The summed E-state index contributed by atoms with van der Waals surface area (Å²) in [6.45, 7) is 9.14. The minimum atomic E-state index is -1.01. The van der Waals surface area contributed by atoms with Crippen molar-refractivity contribution in [1.82, 2.24) is 4.90 Å². The molecule has 0 spiro atoms. The maximum atomic E-state index is 12.8. The summed E-state index contributed by atoms with van der Waals surface area (Å²) >= 11 is 0. The number of rotatable bonds is 7. The van der Waals surface area contributed by atoms with Gasteiger partial charge in [0, 0.05) is 7.11 Å². The van der Waals surface area contributed by atoms with Crippen LogP contribution in [0.15, 0.2) is 43.0 Å². The highest BCUT2D eigenvalue weighted by molar-refractivity contribution is 5.82. The Bertz CT molecular complexity index is 579. The van der Waals surface area contributed by atoms with Crippen LogP contribution >= 0.6 is 0 Å². The Morgan fingerprint density at radius 2 is 1.80 bits per heavy atom. The number of hydrogen-bond acceptors (Lipinski definition) is 5. The molecule has 1 amide bonds. The van der Waals surface area contributed by atoms with E-state index in [-0.39, 0.29) is 6.54 Å². The average molecular weight is 349 g/mol. The molecule has 1 rings (SSSR count). The molecule has 1 aromatic carbocycles. The van der Waals surface area contributed by atoms with Crippen molar-refractivity contribution in [2.75, 3.05) is 14.2 Å². The zero-order valence-corrected chi connectivity index (χ0v) is 15.5. The number of carbonyl (C=O) groups excluding carboxylic acids is 2. The summed E-state index contributed by atoms with van der Waals surface area (Å²) in [5.41, 5.74) is 0.143. The highest BCUT2D eigenvalue weighted by Gasteiger charge is 2.38. The molecule has 0 aromatic heterocycles. The van der Waals surface area contributed by atoms with Crippen LogP contribution in [-0.4, -0.2) is 48.9 Å². The zero-order chi connectivity index (χ0) is 19.0. The molecule has 0 saturated carbocycles. The summed E-state index contributed by atoms with van der Waals surface area (Å²) in [5, 5.41) is 0. The van der Waals surface area contributed by atoms with Crippen molar-refractivity contribution >= 4 is 12.1 Å². The Kier molecular flexibility index (Phi) is 7.64. The first-order chi connectivity index (χ1) is 11.7. The number of methoxy groups -OCH3 is 2. The molecule has 1 aromatic rings. The van der Waals surface area contributed by atoms with E-state index in [1.54, 1.807) is 20.8 Å². The van der Waals surface area contributed by atoms with Crippen molar-refractivity contribution < 1.29 is 23.8 Å². The van der Waals surface area contributed by atoms with E-state index in [4.69, 9.17) is 14.2 Å². The van der Waals surface area contributed by atoms with Crippen LogP contribution < -0.4 is 0 Å². The lowest BCUT2D eigenvalue weighted by atomic mass is 10.1. The van der Waals surface area contributed by atoms with Gasteiger partial charge < -0.3 is 14.2 Å². The summed E-state index contributed by atoms with van der Waals surface area (Å²) in [7, 11) is 2.71. The highest BCUT2D eigenvalue weighted by atomic mass is 16.6. The molecule has 0 fully saturated rings. The number of benzene rings is 1. The molecule has 0 saturated heterocycles. The molecule has 2 atom stereocenters. The van der Waals surface area contributed by atoms with Gasteiger partial charge >= 0.3 is 12.1 Å². The largest absolute Gasteiger partial charge is 0.467 e. The second-order valence-corrected chi connectivity index (χ2v) is 6.50. The van der Waals surface area contributed by atoms with E-state index in [0.29, 0.717) is 0 Å². The minimum Gasteiger partial charge on any atom is -0.467 e. The van der Waals surface area contributed by atoms with E-state index in [2.05, 4.69) is 6.58 Å². The first-order valence-corrected chi connectivity index (χ1v) is 8.00. The predicted molar refractivity (Wildman–Crippen MR) is 95.0 cm³/mol. The van der Waals surface area contributed by atoms with Crippen LogP contribution in [0.1, 0.15) is 26.3 Å². The molecule has 6 nitrogen and oxygen atoms in total. The van der Waals surface area contributed by atoms with Crippen molar-refractivity contribution in [3.05, 3.63) is 48.6 Å². The molecule has 138 valence electrons. The van der Waals surface area contributed by atoms with Gasteiger partial charge in [-0.1, -0.05) is 36.4 Å². The normalized spacial score (nSPS) is 13.5. The lowest BCUT2D eigenvalue weighted by Gasteiger charge is -2.34. The van der Waals surface area contributed by atoms with E-state index in [0.717, 1.165) is 5.56 Å². The third kappa shape index (κ3) is 6.23. The van der Waals surface area contributed by atoms with Crippen LogP contribution in [0.5, 0.6) is 0 Å². The number of ether oxygens (including phenoxy) is 3. The van der Waals surface area contributed by atoms with E-state index in [9.17, 15) is 9.59 Å². The van der Waals surface area contributed by atoms with Gasteiger partial charge in [-0.15, -0.1) is 6.58 Å². The second kappa shape index (κ2) is 9.22. The molecular weight excluding hydrogens is 322 g/mol. The molecular formula is C19H27NO5. The van der Waals surface area contributed by atoms with Crippen molar-refractivity contribution in [2.45, 2.75) is 45.1 Å². The maximum Gasteiger partial charge on any atom is 0.411 e. The maximum absolute atomic E-state index is 12.8. The van der Waals surface area contributed by atoms with Gasteiger partial charge in [-0.3, -0.25) is 4.90 Å². The molecule has 0 radical (unpaired) electrons. The fourth-order valence-corrected chi connectivity index (χ4v) is 2.29. The zero-order valence-electron chi connectivity index (χ0n) is 15.5. The van der Waals surface area contributed by atoms with Gasteiger partial charge in [0.2, 0.25) is 0 Å². The topological polar surface area (TPSA) is 65.1 Å². The molecule has 25 heavy (non-hydrogen) atoms. The third-order valence-corrected chi connectivity index (χ3v) is 3.42. The fraction of sp³-hybridized carbons (Fsp3) is 0.474. The SMILES string of the molecule is C=C[C@H](OC)[C@H](C(=O)OC)N(Cc1ccccc1)C(=O)OC(C)(C)C. The number of nitrogens with zero attached hydrogens (tertiary/aromatic N) is 1. The molecule has 0 N–H and O–H groups in total. The van der Waals surface area contributed by atoms with E-state index in [1.807, 2.05) is 30.3 Å². The Hall–Kier alpha value is -2.34. The fourth-order valence-electron chi connectivity index (χ4n) is 2.29. The van der Waals surface area contributed by atoms with Crippen LogP contribution in [0.4, 0.5) is 4.79 Å². The van der Waals surface area contributed by atoms with Gasteiger partial charge in [0.1, 0.15) is 11.7 Å². The van der Waals surface area contributed by atoms with Gasteiger partial charge in [0.25, 0.3) is 0 Å². The third-order valence-electron chi connectivity index (χ3n) is 3.42. The lowest BCUT2D eigenvalue weighted by molar-refractivity contribution is -0.151. The number of hydrogen-bond donors (Lipinski definition) is 0. The van der Waals surface area contributed by atoms with Crippen molar-refractivity contribution in [1.29, 1.82) is 0 Å². The molecule has 0 aliphatic rings. The number of amides is 1. The summed E-state index contributed by atoms with van der Waals surface area (Å²) in [6, 6.07) is 8.31. The molecule has 0 aliphatic carbocycles. The number of carbonyl (C=O) groups is 2. The minimum absolute atomic E-state index is 0.170. The first kappa shape index (κ1) is 20.7. The van der Waals surface area contributed by atoms with E-state index < -0.39 is 29.8 Å². The van der Waals surface area contributed by atoms with Crippen molar-refractivity contribution in [2.24, 2.45) is 0 Å². The van der Waals surface area contributed by atoms with Crippen LogP contribution in [0, 0.1) is 0 Å².